The molecule has 0 aromatic heterocycles. The number of carboxylic acid groups (broad SMARTS) is 1. The van der Waals surface area contributed by atoms with Gasteiger partial charge in [0.05, 0.1) is 18.7 Å². The molecule has 0 saturated carbocycles. The minimum Gasteiger partial charge on any atom is -0.496 e. The quantitative estimate of drug-likeness (QED) is 0.745. The van der Waals surface area contributed by atoms with Crippen molar-refractivity contribution in [2.75, 3.05) is 14.2 Å². The fourth-order valence-corrected chi connectivity index (χ4v) is 2.61. The number of carbonyl (C=O) groups is 1. The van der Waals surface area contributed by atoms with Gasteiger partial charge in [0.1, 0.15) is 17.0 Å². The van der Waals surface area contributed by atoms with E-state index in [2.05, 4.69) is 21.2 Å². The highest BCUT2D eigenvalue weighted by atomic mass is 79.9. The molecule has 0 amide bonds. The van der Waals surface area contributed by atoms with Gasteiger partial charge in [-0.15, -0.1) is 0 Å². The van der Waals surface area contributed by atoms with E-state index in [1.165, 1.54) is 0 Å². The Morgan fingerprint density at radius 1 is 1.33 bits per heavy atom. The van der Waals surface area contributed by atoms with Gasteiger partial charge < -0.3 is 14.6 Å². The number of hydrogen-bond donors (Lipinski definition) is 2. The lowest BCUT2D eigenvalue weighted by Crippen LogP contribution is -2.48. The third-order valence-electron chi connectivity index (χ3n) is 3.45. The summed E-state index contributed by atoms with van der Waals surface area (Å²) in [5.74, 6) is 0.506. The molecule has 0 radical (unpaired) electrons. The van der Waals surface area contributed by atoms with Crippen LogP contribution in [0.1, 0.15) is 32.3 Å². The van der Waals surface area contributed by atoms with Crippen molar-refractivity contribution in [3.05, 3.63) is 22.2 Å². The van der Waals surface area contributed by atoms with Crippen LogP contribution in [0.4, 0.5) is 0 Å². The van der Waals surface area contributed by atoms with Gasteiger partial charge in [-0.05, 0) is 41.4 Å². The first-order valence-electron chi connectivity index (χ1n) is 6.76. The summed E-state index contributed by atoms with van der Waals surface area (Å²) >= 11 is 3.40. The van der Waals surface area contributed by atoms with Crippen molar-refractivity contribution >= 4 is 21.9 Å². The molecule has 1 atom stereocenters. The van der Waals surface area contributed by atoms with Crippen LogP contribution in [0, 0.1) is 0 Å². The number of carboxylic acids is 1. The summed E-state index contributed by atoms with van der Waals surface area (Å²) in [5.41, 5.74) is -0.110. The van der Waals surface area contributed by atoms with Gasteiger partial charge in [0.15, 0.2) is 0 Å². The lowest BCUT2D eigenvalue weighted by atomic mass is 9.96. The van der Waals surface area contributed by atoms with Crippen molar-refractivity contribution in [1.82, 2.24) is 5.32 Å². The van der Waals surface area contributed by atoms with Gasteiger partial charge in [0, 0.05) is 12.1 Å². The molecule has 1 aromatic carbocycles. The number of halogens is 1. The number of benzene rings is 1. The molecule has 0 aliphatic heterocycles. The first-order chi connectivity index (χ1) is 9.87. The standard InChI is InChI=1S/C15H22BrNO4/c1-5-6-15(2,14(18)19)17-9-10-7-13(21-4)11(16)8-12(10)20-3/h7-8,17H,5-6,9H2,1-4H3,(H,18,19). The first-order valence-corrected chi connectivity index (χ1v) is 7.56. The normalized spacial score (nSPS) is 13.6. The third-order valence-corrected chi connectivity index (χ3v) is 4.07. The number of aliphatic carboxylic acids is 1. The van der Waals surface area contributed by atoms with Crippen LogP contribution in [0.25, 0.3) is 0 Å². The fourth-order valence-electron chi connectivity index (χ4n) is 2.12. The van der Waals surface area contributed by atoms with Crippen LogP contribution in [-0.2, 0) is 11.3 Å². The summed E-state index contributed by atoms with van der Waals surface area (Å²) in [4.78, 5) is 11.4. The summed E-state index contributed by atoms with van der Waals surface area (Å²) in [5, 5.41) is 12.5. The van der Waals surface area contributed by atoms with Crippen LogP contribution >= 0.6 is 15.9 Å². The van der Waals surface area contributed by atoms with E-state index < -0.39 is 11.5 Å². The Balaban J connectivity index is 2.98. The van der Waals surface area contributed by atoms with Crippen LogP contribution in [0.15, 0.2) is 16.6 Å². The van der Waals surface area contributed by atoms with E-state index >= 15 is 0 Å². The number of hydrogen-bond acceptors (Lipinski definition) is 4. The van der Waals surface area contributed by atoms with Crippen molar-refractivity contribution in [3.8, 4) is 11.5 Å². The minimum atomic E-state index is -0.958. The molecule has 21 heavy (non-hydrogen) atoms. The molecule has 1 unspecified atom stereocenters. The summed E-state index contributed by atoms with van der Waals surface area (Å²) in [7, 11) is 3.17. The first kappa shape index (κ1) is 17.8. The van der Waals surface area contributed by atoms with Crippen molar-refractivity contribution in [2.24, 2.45) is 0 Å². The second kappa shape index (κ2) is 7.66. The molecule has 0 heterocycles. The van der Waals surface area contributed by atoms with E-state index in [1.807, 2.05) is 19.1 Å². The molecule has 0 saturated heterocycles. The highest BCUT2D eigenvalue weighted by Crippen LogP contribution is 2.33. The molecule has 0 spiro atoms. The Hall–Kier alpha value is -1.27. The van der Waals surface area contributed by atoms with Crippen LogP contribution in [0.2, 0.25) is 0 Å². The molecule has 0 aliphatic rings. The van der Waals surface area contributed by atoms with Gasteiger partial charge >= 0.3 is 5.97 Å². The summed E-state index contributed by atoms with van der Waals surface area (Å²) < 4.78 is 11.4. The monoisotopic (exact) mass is 359 g/mol. The van der Waals surface area contributed by atoms with Crippen molar-refractivity contribution < 1.29 is 19.4 Å². The van der Waals surface area contributed by atoms with Crippen molar-refractivity contribution in [1.29, 1.82) is 0 Å². The van der Waals surface area contributed by atoms with Gasteiger partial charge in [0.25, 0.3) is 0 Å². The molecular formula is C15H22BrNO4. The minimum absolute atomic E-state index is 0.385. The third kappa shape index (κ3) is 4.35. The molecule has 2 N–H and O–H groups in total. The molecule has 0 fully saturated rings. The van der Waals surface area contributed by atoms with E-state index in [9.17, 15) is 9.90 Å². The molecule has 0 bridgehead atoms. The Labute approximate surface area is 133 Å². The fraction of sp³-hybridized carbons (Fsp3) is 0.533. The smallest absolute Gasteiger partial charge is 0.323 e. The van der Waals surface area contributed by atoms with E-state index in [0.29, 0.717) is 24.5 Å². The molecule has 6 heteroatoms. The van der Waals surface area contributed by atoms with Crippen molar-refractivity contribution in [3.63, 3.8) is 0 Å². The van der Waals surface area contributed by atoms with Crippen LogP contribution < -0.4 is 14.8 Å². The zero-order chi connectivity index (χ0) is 16.0. The maximum Gasteiger partial charge on any atom is 0.323 e. The number of rotatable bonds is 8. The predicted octanol–water partition coefficient (Wildman–Crippen LogP) is 3.20. The Morgan fingerprint density at radius 3 is 2.43 bits per heavy atom. The number of methoxy groups -OCH3 is 2. The largest absolute Gasteiger partial charge is 0.496 e. The second-order valence-electron chi connectivity index (χ2n) is 5.04. The number of nitrogens with one attached hydrogen (secondary N) is 1. The van der Waals surface area contributed by atoms with Gasteiger partial charge in [-0.3, -0.25) is 10.1 Å². The Bertz CT molecular complexity index is 507. The lowest BCUT2D eigenvalue weighted by Gasteiger charge is -2.26. The van der Waals surface area contributed by atoms with Gasteiger partial charge in [-0.1, -0.05) is 13.3 Å². The lowest BCUT2D eigenvalue weighted by molar-refractivity contribution is -0.144. The predicted molar refractivity (Wildman–Crippen MR) is 85.0 cm³/mol. The second-order valence-corrected chi connectivity index (χ2v) is 5.89. The Morgan fingerprint density at radius 2 is 1.95 bits per heavy atom. The van der Waals surface area contributed by atoms with Gasteiger partial charge in [-0.25, -0.2) is 0 Å². The summed E-state index contributed by atoms with van der Waals surface area (Å²) in [6, 6.07) is 3.65. The molecule has 1 aromatic rings. The van der Waals surface area contributed by atoms with E-state index in [-0.39, 0.29) is 0 Å². The Kier molecular flexibility index (Phi) is 6.48. The van der Waals surface area contributed by atoms with Crippen LogP contribution in [-0.4, -0.2) is 30.8 Å². The van der Waals surface area contributed by atoms with Gasteiger partial charge in [-0.2, -0.15) is 0 Å². The number of ether oxygens (including phenoxy) is 2. The van der Waals surface area contributed by atoms with Gasteiger partial charge in [0.2, 0.25) is 0 Å². The average molecular weight is 360 g/mol. The van der Waals surface area contributed by atoms with Crippen LogP contribution in [0.5, 0.6) is 11.5 Å². The molecule has 118 valence electrons. The molecule has 5 nitrogen and oxygen atoms in total. The summed E-state index contributed by atoms with van der Waals surface area (Å²) in [6.45, 7) is 4.04. The van der Waals surface area contributed by atoms with Crippen LogP contribution in [0.3, 0.4) is 0 Å². The zero-order valence-corrected chi connectivity index (χ0v) is 14.4. The molecule has 0 aliphatic carbocycles. The SMILES string of the molecule is CCCC(C)(NCc1cc(OC)c(Br)cc1OC)C(=O)O. The highest BCUT2D eigenvalue weighted by molar-refractivity contribution is 9.10. The van der Waals surface area contributed by atoms with E-state index in [4.69, 9.17) is 9.47 Å². The topological polar surface area (TPSA) is 67.8 Å². The maximum atomic E-state index is 11.4. The maximum absolute atomic E-state index is 11.4. The highest BCUT2D eigenvalue weighted by Gasteiger charge is 2.31. The molecular weight excluding hydrogens is 338 g/mol. The average Bonchev–Trinajstić information content (AvgIpc) is 2.45. The van der Waals surface area contributed by atoms with E-state index in [1.54, 1.807) is 21.1 Å². The summed E-state index contributed by atoms with van der Waals surface area (Å²) in [6.07, 6.45) is 1.34. The molecule has 1 rings (SSSR count). The zero-order valence-electron chi connectivity index (χ0n) is 12.8. The van der Waals surface area contributed by atoms with Crippen molar-refractivity contribution in [2.45, 2.75) is 38.8 Å². The van der Waals surface area contributed by atoms with E-state index in [0.717, 1.165) is 16.5 Å².